The first-order valence-corrected chi connectivity index (χ1v) is 12.9. The molecule has 0 N–H and O–H groups in total. The van der Waals surface area contributed by atoms with Crippen molar-refractivity contribution in [1.82, 2.24) is 14.1 Å². The summed E-state index contributed by atoms with van der Waals surface area (Å²) in [6.45, 7) is 0. The summed E-state index contributed by atoms with van der Waals surface area (Å²) in [6, 6.07) is 49.4. The molecule has 0 unspecified atom stereocenters. The first-order chi connectivity index (χ1) is 18.9. The molecule has 178 valence electrons. The quantitative estimate of drug-likeness (QED) is 0.245. The van der Waals surface area contributed by atoms with E-state index in [4.69, 9.17) is 4.98 Å². The highest BCUT2D eigenvalue weighted by Gasteiger charge is 2.16. The Morgan fingerprint density at radius 1 is 0.395 bits per heavy atom. The van der Waals surface area contributed by atoms with E-state index < -0.39 is 0 Å². The Morgan fingerprint density at radius 3 is 1.66 bits per heavy atom. The summed E-state index contributed by atoms with van der Waals surface area (Å²) in [7, 11) is 0. The Morgan fingerprint density at radius 2 is 0.947 bits per heavy atom. The molecule has 0 atom stereocenters. The van der Waals surface area contributed by atoms with Crippen molar-refractivity contribution in [2.75, 3.05) is 0 Å². The van der Waals surface area contributed by atoms with E-state index in [1.807, 2.05) is 0 Å². The van der Waals surface area contributed by atoms with Crippen LogP contribution in [-0.4, -0.2) is 14.1 Å². The van der Waals surface area contributed by atoms with Gasteiger partial charge in [-0.1, -0.05) is 78.9 Å². The maximum Gasteiger partial charge on any atom is 0.146 e. The molecule has 0 saturated heterocycles. The van der Waals surface area contributed by atoms with Crippen molar-refractivity contribution in [2.45, 2.75) is 0 Å². The molecule has 0 bridgehead atoms. The number of hydrogen-bond acceptors (Lipinski definition) is 1. The number of nitrogens with zero attached hydrogens (tertiary/aromatic N) is 3. The molecule has 0 radical (unpaired) electrons. The third-order valence-electron chi connectivity index (χ3n) is 7.52. The minimum Gasteiger partial charge on any atom is -0.309 e. The van der Waals surface area contributed by atoms with Gasteiger partial charge >= 0.3 is 0 Å². The fraction of sp³-hybridized carbons (Fsp3) is 0. The van der Waals surface area contributed by atoms with E-state index in [2.05, 4.69) is 149 Å². The molecule has 0 aliphatic rings. The van der Waals surface area contributed by atoms with Crippen LogP contribution in [0.3, 0.4) is 0 Å². The number of aromatic nitrogens is 3. The molecule has 0 aliphatic heterocycles. The SMILES string of the molecule is c1ccc(-n2c3ccccc3c3cc(-c4ccc5c6ccccc6n(-c6ccccc6)c5n4)ccc32)cc1. The van der Waals surface area contributed by atoms with Gasteiger partial charge in [0.15, 0.2) is 0 Å². The molecular weight excluding hydrogens is 462 g/mol. The summed E-state index contributed by atoms with van der Waals surface area (Å²) in [5.41, 5.74) is 8.90. The Labute approximate surface area is 219 Å². The number of para-hydroxylation sites is 4. The topological polar surface area (TPSA) is 22.8 Å². The second-order valence-corrected chi connectivity index (χ2v) is 9.68. The Balaban J connectivity index is 1.38. The van der Waals surface area contributed by atoms with Crippen LogP contribution in [0.15, 0.2) is 140 Å². The lowest BCUT2D eigenvalue weighted by Gasteiger charge is -2.09. The predicted molar refractivity (Wildman–Crippen MR) is 158 cm³/mol. The van der Waals surface area contributed by atoms with Crippen LogP contribution < -0.4 is 0 Å². The van der Waals surface area contributed by atoms with Crippen LogP contribution in [0.1, 0.15) is 0 Å². The Bertz CT molecular complexity index is 2120. The summed E-state index contributed by atoms with van der Waals surface area (Å²) < 4.78 is 4.62. The van der Waals surface area contributed by atoms with Gasteiger partial charge in [0.2, 0.25) is 0 Å². The second kappa shape index (κ2) is 8.19. The molecule has 0 aliphatic carbocycles. The van der Waals surface area contributed by atoms with Crippen molar-refractivity contribution in [3.8, 4) is 22.6 Å². The highest BCUT2D eigenvalue weighted by atomic mass is 15.0. The molecule has 3 heterocycles. The summed E-state index contributed by atoms with van der Waals surface area (Å²) in [5.74, 6) is 0. The normalized spacial score (nSPS) is 11.7. The monoisotopic (exact) mass is 485 g/mol. The first-order valence-electron chi connectivity index (χ1n) is 12.9. The smallest absolute Gasteiger partial charge is 0.146 e. The fourth-order valence-corrected chi connectivity index (χ4v) is 5.83. The van der Waals surface area contributed by atoms with Gasteiger partial charge in [0.1, 0.15) is 5.65 Å². The number of pyridine rings is 1. The lowest BCUT2D eigenvalue weighted by Crippen LogP contribution is -1.96. The van der Waals surface area contributed by atoms with Crippen molar-refractivity contribution in [3.63, 3.8) is 0 Å². The molecule has 0 spiro atoms. The van der Waals surface area contributed by atoms with Gasteiger partial charge in [-0.25, -0.2) is 4.98 Å². The molecule has 3 nitrogen and oxygen atoms in total. The van der Waals surface area contributed by atoms with Crippen LogP contribution in [-0.2, 0) is 0 Å². The summed E-state index contributed by atoms with van der Waals surface area (Å²) in [6.07, 6.45) is 0. The fourth-order valence-electron chi connectivity index (χ4n) is 5.83. The molecule has 0 amide bonds. The van der Waals surface area contributed by atoms with Crippen LogP contribution in [0.25, 0.3) is 66.4 Å². The van der Waals surface area contributed by atoms with Gasteiger partial charge in [-0.3, -0.25) is 4.57 Å². The zero-order valence-corrected chi connectivity index (χ0v) is 20.6. The molecule has 8 rings (SSSR count). The maximum atomic E-state index is 5.27. The summed E-state index contributed by atoms with van der Waals surface area (Å²) >= 11 is 0. The zero-order valence-electron chi connectivity index (χ0n) is 20.6. The molecule has 38 heavy (non-hydrogen) atoms. The van der Waals surface area contributed by atoms with E-state index in [0.717, 1.165) is 28.0 Å². The van der Waals surface area contributed by atoms with Gasteiger partial charge in [-0.2, -0.15) is 0 Å². The number of rotatable bonds is 3. The zero-order chi connectivity index (χ0) is 25.1. The minimum absolute atomic E-state index is 0.968. The van der Waals surface area contributed by atoms with Gasteiger partial charge < -0.3 is 4.57 Å². The molecule has 8 aromatic rings. The summed E-state index contributed by atoms with van der Waals surface area (Å²) in [4.78, 5) is 5.27. The van der Waals surface area contributed by atoms with E-state index in [-0.39, 0.29) is 0 Å². The van der Waals surface area contributed by atoms with E-state index in [0.29, 0.717) is 0 Å². The average Bonchev–Trinajstić information content (AvgIpc) is 3.50. The number of fused-ring (bicyclic) bond motifs is 6. The number of benzene rings is 5. The third kappa shape index (κ3) is 3.06. The number of hydrogen-bond donors (Lipinski definition) is 0. The lowest BCUT2D eigenvalue weighted by atomic mass is 10.1. The second-order valence-electron chi connectivity index (χ2n) is 9.68. The highest BCUT2D eigenvalue weighted by Crippen LogP contribution is 2.36. The first kappa shape index (κ1) is 21.0. The Hall–Kier alpha value is -5.15. The van der Waals surface area contributed by atoms with E-state index in [1.54, 1.807) is 0 Å². The van der Waals surface area contributed by atoms with Crippen LogP contribution in [0, 0.1) is 0 Å². The van der Waals surface area contributed by atoms with Crippen molar-refractivity contribution < 1.29 is 0 Å². The van der Waals surface area contributed by atoms with E-state index >= 15 is 0 Å². The molecule has 0 fully saturated rings. The van der Waals surface area contributed by atoms with Crippen LogP contribution in [0.4, 0.5) is 0 Å². The molecule has 3 aromatic heterocycles. The molecule has 3 heteroatoms. The van der Waals surface area contributed by atoms with Crippen LogP contribution in [0.5, 0.6) is 0 Å². The predicted octanol–water partition coefficient (Wildman–Crippen LogP) is 8.94. The van der Waals surface area contributed by atoms with Crippen molar-refractivity contribution in [2.24, 2.45) is 0 Å². The highest BCUT2D eigenvalue weighted by molar-refractivity contribution is 6.11. The van der Waals surface area contributed by atoms with Crippen LogP contribution in [0.2, 0.25) is 0 Å². The molecule has 5 aromatic carbocycles. The third-order valence-corrected chi connectivity index (χ3v) is 7.52. The minimum atomic E-state index is 0.968. The van der Waals surface area contributed by atoms with Crippen molar-refractivity contribution >= 4 is 43.7 Å². The van der Waals surface area contributed by atoms with Gasteiger partial charge in [0.05, 0.1) is 22.2 Å². The Kier molecular flexibility index (Phi) is 4.52. The molecular formula is C35H23N3. The van der Waals surface area contributed by atoms with Crippen molar-refractivity contribution in [3.05, 3.63) is 140 Å². The van der Waals surface area contributed by atoms with Gasteiger partial charge in [-0.15, -0.1) is 0 Å². The van der Waals surface area contributed by atoms with Gasteiger partial charge in [0.25, 0.3) is 0 Å². The van der Waals surface area contributed by atoms with Crippen LogP contribution >= 0.6 is 0 Å². The summed E-state index contributed by atoms with van der Waals surface area (Å²) in [5, 5.41) is 4.85. The molecule has 0 saturated carbocycles. The van der Waals surface area contributed by atoms with Crippen molar-refractivity contribution in [1.29, 1.82) is 0 Å². The van der Waals surface area contributed by atoms with E-state index in [1.165, 1.54) is 38.4 Å². The van der Waals surface area contributed by atoms with E-state index in [9.17, 15) is 0 Å². The maximum absolute atomic E-state index is 5.27. The van der Waals surface area contributed by atoms with Gasteiger partial charge in [-0.05, 0) is 60.7 Å². The standard InChI is InChI=1S/C35H23N3/c1-3-11-25(12-4-1)37-32-17-9-8-16-28(32)30-23-24(19-22-34(30)37)31-21-20-29-27-15-7-10-18-33(27)38(35(29)36-31)26-13-5-2-6-14-26/h1-23H. The average molecular weight is 486 g/mol. The lowest BCUT2D eigenvalue weighted by molar-refractivity contribution is 1.14. The largest absolute Gasteiger partial charge is 0.309 e. The van der Waals surface area contributed by atoms with Gasteiger partial charge in [0, 0.05) is 38.5 Å².